The van der Waals surface area contributed by atoms with Crippen molar-refractivity contribution in [1.82, 2.24) is 9.97 Å². The Bertz CT molecular complexity index is 1310. The molecule has 230 valence electrons. The van der Waals surface area contributed by atoms with Gasteiger partial charge in [0, 0.05) is 11.1 Å². The van der Waals surface area contributed by atoms with E-state index >= 15 is 0 Å². The monoisotopic (exact) mass is 576 g/mol. The molecule has 0 radical (unpaired) electrons. The summed E-state index contributed by atoms with van der Waals surface area (Å²) in [6.07, 6.45) is 26.8. The van der Waals surface area contributed by atoms with E-state index in [-0.39, 0.29) is 0 Å². The number of aryl methyl sites for hydroxylation is 2. The fourth-order valence-electron chi connectivity index (χ4n) is 6.17. The van der Waals surface area contributed by atoms with Crippen LogP contribution in [0.2, 0.25) is 0 Å². The molecule has 0 N–H and O–H groups in total. The van der Waals surface area contributed by atoms with Crippen LogP contribution in [-0.4, -0.2) is 9.97 Å². The van der Waals surface area contributed by atoms with Crippen molar-refractivity contribution in [3.8, 4) is 22.5 Å². The third-order valence-electron chi connectivity index (χ3n) is 8.94. The zero-order valence-electron chi connectivity index (χ0n) is 27.3. The summed E-state index contributed by atoms with van der Waals surface area (Å²) in [6.45, 7) is 4.42. The summed E-state index contributed by atoms with van der Waals surface area (Å²) in [5, 5.41) is 0. The van der Waals surface area contributed by atoms with Crippen molar-refractivity contribution in [2.24, 2.45) is 0 Å². The van der Waals surface area contributed by atoms with Crippen molar-refractivity contribution in [2.45, 2.75) is 136 Å². The average Bonchev–Trinajstić information content (AvgIpc) is 3.04. The SMILES string of the molecule is CCCCCCCCCCCCCCCCCCCCc1ccc(-c2nc3ccccc3nc2-c2ccc(C)cc2)cc1. The third kappa shape index (κ3) is 11.5. The van der Waals surface area contributed by atoms with Crippen LogP contribution >= 0.6 is 0 Å². The lowest BCUT2D eigenvalue weighted by Crippen LogP contribution is -1.96. The van der Waals surface area contributed by atoms with Gasteiger partial charge < -0.3 is 0 Å². The molecule has 0 spiro atoms. The minimum absolute atomic E-state index is 0.938. The van der Waals surface area contributed by atoms with Gasteiger partial charge in [0.25, 0.3) is 0 Å². The highest BCUT2D eigenvalue weighted by molar-refractivity contribution is 5.86. The molecule has 0 amide bonds. The molecule has 0 saturated heterocycles. The van der Waals surface area contributed by atoms with Gasteiger partial charge in [0.2, 0.25) is 0 Å². The minimum atomic E-state index is 0.938. The van der Waals surface area contributed by atoms with Crippen molar-refractivity contribution < 1.29 is 0 Å². The van der Waals surface area contributed by atoms with E-state index in [9.17, 15) is 0 Å². The Morgan fingerprint density at radius 1 is 0.419 bits per heavy atom. The molecular weight excluding hydrogens is 520 g/mol. The second kappa shape index (κ2) is 19.3. The molecule has 3 aromatic carbocycles. The Balaban J connectivity index is 1.11. The number of fused-ring (bicyclic) bond motifs is 1. The molecule has 0 unspecified atom stereocenters. The van der Waals surface area contributed by atoms with Crippen LogP contribution in [0.15, 0.2) is 72.8 Å². The summed E-state index contributed by atoms with van der Waals surface area (Å²) < 4.78 is 0. The first-order valence-electron chi connectivity index (χ1n) is 17.7. The van der Waals surface area contributed by atoms with Crippen molar-refractivity contribution in [3.63, 3.8) is 0 Å². The Kier molecular flexibility index (Phi) is 14.8. The fourth-order valence-corrected chi connectivity index (χ4v) is 6.17. The van der Waals surface area contributed by atoms with Gasteiger partial charge >= 0.3 is 0 Å². The highest BCUT2D eigenvalue weighted by Gasteiger charge is 2.13. The van der Waals surface area contributed by atoms with E-state index in [0.29, 0.717) is 0 Å². The molecule has 0 atom stereocenters. The predicted octanol–water partition coefficient (Wildman–Crippen LogP) is 12.9. The van der Waals surface area contributed by atoms with Gasteiger partial charge in [-0.3, -0.25) is 0 Å². The lowest BCUT2D eigenvalue weighted by Gasteiger charge is -2.11. The number of unbranched alkanes of at least 4 members (excludes halogenated alkanes) is 17. The summed E-state index contributed by atoms with van der Waals surface area (Å²) in [7, 11) is 0. The van der Waals surface area contributed by atoms with E-state index < -0.39 is 0 Å². The van der Waals surface area contributed by atoms with Gasteiger partial charge in [-0.25, -0.2) is 9.97 Å². The zero-order valence-corrected chi connectivity index (χ0v) is 27.3. The maximum atomic E-state index is 5.06. The molecular formula is C41H56N2. The quantitative estimate of drug-likeness (QED) is 0.0922. The standard InChI is InChI=1S/C41H56N2/c1-3-4-5-6-7-8-9-10-11-12-13-14-15-16-17-18-19-20-23-35-28-32-37(33-29-35)41-40(36-30-26-34(2)27-31-36)42-38-24-21-22-25-39(38)43-41/h21-22,24-33H,3-20,23H2,1-2H3. The molecule has 2 heteroatoms. The molecule has 43 heavy (non-hydrogen) atoms. The first-order valence-corrected chi connectivity index (χ1v) is 17.7. The molecule has 0 saturated carbocycles. The largest absolute Gasteiger partial charge is 0.244 e. The number of nitrogens with zero attached hydrogens (tertiary/aromatic N) is 2. The van der Waals surface area contributed by atoms with Crippen LogP contribution in [0.1, 0.15) is 134 Å². The number of hydrogen-bond acceptors (Lipinski definition) is 2. The Morgan fingerprint density at radius 3 is 1.21 bits per heavy atom. The molecule has 0 aliphatic carbocycles. The molecule has 0 fully saturated rings. The number of aromatic nitrogens is 2. The van der Waals surface area contributed by atoms with Crippen LogP contribution in [0.25, 0.3) is 33.5 Å². The second-order valence-electron chi connectivity index (χ2n) is 12.7. The molecule has 1 aromatic heterocycles. The van der Waals surface area contributed by atoms with Crippen LogP contribution in [0.3, 0.4) is 0 Å². The number of hydrogen-bond donors (Lipinski definition) is 0. The highest BCUT2D eigenvalue weighted by atomic mass is 14.8. The molecule has 0 bridgehead atoms. The Morgan fingerprint density at radius 2 is 0.791 bits per heavy atom. The summed E-state index contributed by atoms with van der Waals surface area (Å²) >= 11 is 0. The van der Waals surface area contributed by atoms with E-state index in [1.807, 2.05) is 18.2 Å². The van der Waals surface area contributed by atoms with Crippen LogP contribution in [-0.2, 0) is 6.42 Å². The maximum absolute atomic E-state index is 5.06. The number of para-hydroxylation sites is 2. The Hall–Kier alpha value is -3.00. The minimum Gasteiger partial charge on any atom is -0.244 e. The third-order valence-corrected chi connectivity index (χ3v) is 8.94. The van der Waals surface area contributed by atoms with Crippen LogP contribution in [0.4, 0.5) is 0 Å². The van der Waals surface area contributed by atoms with E-state index in [4.69, 9.17) is 9.97 Å². The summed E-state index contributed by atoms with van der Waals surface area (Å²) in [6, 6.07) is 25.8. The van der Waals surface area contributed by atoms with E-state index in [2.05, 4.69) is 68.4 Å². The Labute approximate surface area is 262 Å². The molecule has 0 aliphatic heterocycles. The topological polar surface area (TPSA) is 25.8 Å². The molecule has 1 heterocycles. The summed E-state index contributed by atoms with van der Waals surface area (Å²) in [5.74, 6) is 0. The van der Waals surface area contributed by atoms with Crippen LogP contribution < -0.4 is 0 Å². The first-order chi connectivity index (χ1) is 21.2. The van der Waals surface area contributed by atoms with Gasteiger partial charge in [-0.15, -0.1) is 0 Å². The van der Waals surface area contributed by atoms with Gasteiger partial charge in [0.1, 0.15) is 0 Å². The van der Waals surface area contributed by atoms with Crippen molar-refractivity contribution >= 4 is 11.0 Å². The first kappa shape index (κ1) is 32.9. The van der Waals surface area contributed by atoms with E-state index in [1.165, 1.54) is 127 Å². The molecule has 2 nitrogen and oxygen atoms in total. The average molecular weight is 577 g/mol. The van der Waals surface area contributed by atoms with E-state index in [0.717, 1.165) is 40.0 Å². The van der Waals surface area contributed by atoms with Crippen LogP contribution in [0.5, 0.6) is 0 Å². The lowest BCUT2D eigenvalue weighted by molar-refractivity contribution is 0.525. The normalized spacial score (nSPS) is 11.4. The number of rotatable bonds is 21. The maximum Gasteiger partial charge on any atom is 0.0973 e. The second-order valence-corrected chi connectivity index (χ2v) is 12.7. The van der Waals surface area contributed by atoms with E-state index in [1.54, 1.807) is 0 Å². The lowest BCUT2D eigenvalue weighted by atomic mass is 9.99. The van der Waals surface area contributed by atoms with Crippen molar-refractivity contribution in [1.29, 1.82) is 0 Å². The fraction of sp³-hybridized carbons (Fsp3) is 0.512. The van der Waals surface area contributed by atoms with Gasteiger partial charge in [0.15, 0.2) is 0 Å². The summed E-state index contributed by atoms with van der Waals surface area (Å²) in [5.41, 5.74) is 8.71. The van der Waals surface area contributed by atoms with Gasteiger partial charge in [0.05, 0.1) is 22.4 Å². The van der Waals surface area contributed by atoms with Crippen molar-refractivity contribution in [3.05, 3.63) is 83.9 Å². The number of benzene rings is 3. The summed E-state index contributed by atoms with van der Waals surface area (Å²) in [4.78, 5) is 10.1. The predicted molar refractivity (Wildman–Crippen MR) is 188 cm³/mol. The molecule has 4 aromatic rings. The van der Waals surface area contributed by atoms with Crippen molar-refractivity contribution in [2.75, 3.05) is 0 Å². The van der Waals surface area contributed by atoms with Gasteiger partial charge in [-0.1, -0.05) is 182 Å². The van der Waals surface area contributed by atoms with Crippen LogP contribution in [0, 0.1) is 6.92 Å². The van der Waals surface area contributed by atoms with Gasteiger partial charge in [-0.2, -0.15) is 0 Å². The highest BCUT2D eigenvalue weighted by Crippen LogP contribution is 2.31. The molecule has 4 rings (SSSR count). The molecule has 0 aliphatic rings. The smallest absolute Gasteiger partial charge is 0.0973 e. The zero-order chi connectivity index (χ0) is 30.0. The van der Waals surface area contributed by atoms with Gasteiger partial charge in [-0.05, 0) is 37.5 Å².